The fourth-order valence-corrected chi connectivity index (χ4v) is 3.78. The molecule has 0 radical (unpaired) electrons. The van der Waals surface area contributed by atoms with Crippen LogP contribution in [-0.4, -0.2) is 74.9 Å². The van der Waals surface area contributed by atoms with E-state index in [1.807, 2.05) is 28.7 Å². The number of hydrogen-bond acceptors (Lipinski definition) is 7. The molecule has 9 nitrogen and oxygen atoms in total. The molecule has 0 amide bonds. The van der Waals surface area contributed by atoms with Crippen molar-refractivity contribution in [1.29, 1.82) is 5.26 Å². The Morgan fingerprint density at radius 1 is 1.21 bits per heavy atom. The van der Waals surface area contributed by atoms with E-state index in [1.165, 1.54) is 4.57 Å². The third kappa shape index (κ3) is 4.00. The van der Waals surface area contributed by atoms with Gasteiger partial charge in [0, 0.05) is 46.2 Å². The quantitative estimate of drug-likeness (QED) is 0.579. The zero-order valence-electron chi connectivity index (χ0n) is 16.6. The summed E-state index contributed by atoms with van der Waals surface area (Å²) in [7, 11) is 1.72. The Kier molecular flexibility index (Phi) is 5.85. The van der Waals surface area contributed by atoms with Crippen LogP contribution in [0.1, 0.15) is 12.2 Å². The van der Waals surface area contributed by atoms with E-state index in [9.17, 15) is 4.79 Å². The SMILES string of the molecule is Cn1c(=O)c2ccccc2n2c(CN(CCC#N)CCN3CCOCC3)nnc12. The number of hydrogen-bond donors (Lipinski definition) is 0. The van der Waals surface area contributed by atoms with Crippen molar-refractivity contribution in [3.63, 3.8) is 0 Å². The minimum Gasteiger partial charge on any atom is -0.379 e. The molecule has 4 rings (SSSR count). The summed E-state index contributed by atoms with van der Waals surface area (Å²) in [5, 5.41) is 18.4. The molecule has 0 unspecified atom stereocenters. The van der Waals surface area contributed by atoms with Gasteiger partial charge in [0.2, 0.25) is 5.78 Å². The van der Waals surface area contributed by atoms with Crippen molar-refractivity contribution in [3.8, 4) is 6.07 Å². The molecule has 0 aliphatic carbocycles. The molecule has 0 atom stereocenters. The number of para-hydroxylation sites is 1. The first-order valence-corrected chi connectivity index (χ1v) is 9.90. The maximum absolute atomic E-state index is 12.6. The Morgan fingerprint density at radius 2 is 2.00 bits per heavy atom. The Labute approximate surface area is 168 Å². The van der Waals surface area contributed by atoms with Crippen LogP contribution < -0.4 is 5.56 Å². The molecule has 1 aliphatic heterocycles. The fourth-order valence-electron chi connectivity index (χ4n) is 3.78. The predicted molar refractivity (Wildman–Crippen MR) is 109 cm³/mol. The topological polar surface area (TPSA) is 91.7 Å². The largest absolute Gasteiger partial charge is 0.379 e. The molecule has 0 saturated carbocycles. The molecule has 1 saturated heterocycles. The number of rotatable bonds is 7. The summed E-state index contributed by atoms with van der Waals surface area (Å²) in [6.07, 6.45) is 0.457. The molecule has 1 aliphatic rings. The Balaban J connectivity index is 1.63. The highest BCUT2D eigenvalue weighted by Gasteiger charge is 2.18. The number of nitriles is 1. The van der Waals surface area contributed by atoms with Gasteiger partial charge in [0.25, 0.3) is 5.56 Å². The van der Waals surface area contributed by atoms with Gasteiger partial charge in [-0.1, -0.05) is 12.1 Å². The van der Waals surface area contributed by atoms with E-state index in [-0.39, 0.29) is 5.56 Å². The lowest BCUT2D eigenvalue weighted by Crippen LogP contribution is -2.41. The van der Waals surface area contributed by atoms with Crippen molar-refractivity contribution in [1.82, 2.24) is 29.0 Å². The first kappa shape index (κ1) is 19.5. The van der Waals surface area contributed by atoms with Gasteiger partial charge in [0.15, 0.2) is 5.82 Å². The minimum atomic E-state index is -0.0827. The second-order valence-electron chi connectivity index (χ2n) is 7.27. The van der Waals surface area contributed by atoms with Crippen LogP contribution in [0.25, 0.3) is 16.7 Å². The molecule has 9 heteroatoms. The van der Waals surface area contributed by atoms with Crippen LogP contribution in [-0.2, 0) is 18.3 Å². The predicted octanol–water partition coefficient (Wildman–Crippen LogP) is 0.629. The lowest BCUT2D eigenvalue weighted by Gasteiger charge is -2.29. The summed E-state index contributed by atoms with van der Waals surface area (Å²) in [6, 6.07) is 9.76. The Bertz CT molecular complexity index is 1090. The highest BCUT2D eigenvalue weighted by molar-refractivity contribution is 5.80. The molecule has 0 spiro atoms. The van der Waals surface area contributed by atoms with E-state index in [0.717, 1.165) is 50.7 Å². The van der Waals surface area contributed by atoms with Crippen molar-refractivity contribution in [2.24, 2.45) is 7.05 Å². The van der Waals surface area contributed by atoms with Crippen molar-refractivity contribution in [2.45, 2.75) is 13.0 Å². The maximum Gasteiger partial charge on any atom is 0.262 e. The van der Waals surface area contributed by atoms with Crippen molar-refractivity contribution in [2.75, 3.05) is 45.9 Å². The number of benzene rings is 1. The third-order valence-corrected chi connectivity index (χ3v) is 5.43. The Morgan fingerprint density at radius 3 is 2.79 bits per heavy atom. The van der Waals surface area contributed by atoms with Gasteiger partial charge in [0.1, 0.15) is 0 Å². The zero-order valence-corrected chi connectivity index (χ0v) is 16.6. The van der Waals surface area contributed by atoms with Gasteiger partial charge >= 0.3 is 0 Å². The summed E-state index contributed by atoms with van der Waals surface area (Å²) >= 11 is 0. The number of ether oxygens (including phenoxy) is 1. The van der Waals surface area contributed by atoms with Gasteiger partial charge in [-0.15, -0.1) is 10.2 Å². The monoisotopic (exact) mass is 395 g/mol. The number of aromatic nitrogens is 4. The first-order chi connectivity index (χ1) is 14.2. The van der Waals surface area contributed by atoms with E-state index < -0.39 is 0 Å². The van der Waals surface area contributed by atoms with Gasteiger partial charge in [-0.2, -0.15) is 5.26 Å². The lowest BCUT2D eigenvalue weighted by atomic mass is 10.2. The molecular formula is C20H25N7O2. The summed E-state index contributed by atoms with van der Waals surface area (Å²) in [5.41, 5.74) is 0.722. The normalized spacial score (nSPS) is 15.3. The minimum absolute atomic E-state index is 0.0827. The molecular weight excluding hydrogens is 370 g/mol. The smallest absolute Gasteiger partial charge is 0.262 e. The average molecular weight is 395 g/mol. The molecule has 1 fully saturated rings. The van der Waals surface area contributed by atoms with Crippen LogP contribution in [0.15, 0.2) is 29.1 Å². The number of nitrogens with zero attached hydrogens (tertiary/aromatic N) is 7. The number of aryl methyl sites for hydroxylation is 1. The van der Waals surface area contributed by atoms with Crippen LogP contribution in [0.5, 0.6) is 0 Å². The Hall–Kier alpha value is -2.80. The molecule has 0 N–H and O–H groups in total. The molecule has 3 aromatic rings. The van der Waals surface area contributed by atoms with Crippen LogP contribution in [0.3, 0.4) is 0 Å². The number of fused-ring (bicyclic) bond motifs is 3. The second-order valence-corrected chi connectivity index (χ2v) is 7.27. The van der Waals surface area contributed by atoms with Gasteiger partial charge in [-0.3, -0.25) is 23.6 Å². The molecule has 3 heterocycles. The van der Waals surface area contributed by atoms with Crippen LogP contribution in [0.4, 0.5) is 0 Å². The van der Waals surface area contributed by atoms with E-state index >= 15 is 0 Å². The molecule has 152 valence electrons. The van der Waals surface area contributed by atoms with E-state index in [4.69, 9.17) is 10.00 Å². The van der Waals surface area contributed by atoms with Crippen LogP contribution in [0.2, 0.25) is 0 Å². The lowest BCUT2D eigenvalue weighted by molar-refractivity contribution is 0.0329. The average Bonchev–Trinajstić information content (AvgIpc) is 3.18. The maximum atomic E-state index is 12.6. The molecule has 2 aromatic heterocycles. The van der Waals surface area contributed by atoms with Crippen molar-refractivity contribution >= 4 is 16.7 Å². The molecule has 29 heavy (non-hydrogen) atoms. The van der Waals surface area contributed by atoms with Crippen molar-refractivity contribution in [3.05, 3.63) is 40.4 Å². The van der Waals surface area contributed by atoms with E-state index in [1.54, 1.807) is 7.05 Å². The van der Waals surface area contributed by atoms with Gasteiger partial charge in [0.05, 0.1) is 36.7 Å². The van der Waals surface area contributed by atoms with E-state index in [0.29, 0.717) is 30.7 Å². The zero-order chi connectivity index (χ0) is 20.2. The first-order valence-electron chi connectivity index (χ1n) is 9.90. The second kappa shape index (κ2) is 8.69. The summed E-state index contributed by atoms with van der Waals surface area (Å²) in [4.78, 5) is 17.2. The van der Waals surface area contributed by atoms with Gasteiger partial charge in [-0.25, -0.2) is 0 Å². The highest BCUT2D eigenvalue weighted by Crippen LogP contribution is 2.15. The van der Waals surface area contributed by atoms with Crippen LogP contribution >= 0.6 is 0 Å². The van der Waals surface area contributed by atoms with Gasteiger partial charge < -0.3 is 4.74 Å². The molecule has 0 bridgehead atoms. The van der Waals surface area contributed by atoms with Gasteiger partial charge in [-0.05, 0) is 12.1 Å². The van der Waals surface area contributed by atoms with Crippen LogP contribution in [0, 0.1) is 11.3 Å². The number of morpholine rings is 1. The summed E-state index contributed by atoms with van der Waals surface area (Å²) < 4.78 is 8.90. The third-order valence-electron chi connectivity index (χ3n) is 5.43. The summed E-state index contributed by atoms with van der Waals surface area (Å²) in [6.45, 7) is 6.40. The highest BCUT2D eigenvalue weighted by atomic mass is 16.5. The standard InChI is InChI=1S/C20H25N7O2/c1-24-19(28)16-5-2-3-6-17(16)27-18(22-23-20(24)27)15-26(8-4-7-21)10-9-25-11-13-29-14-12-25/h2-3,5-6H,4,8-15H2,1H3. The summed E-state index contributed by atoms with van der Waals surface area (Å²) in [5.74, 6) is 1.30. The molecule has 1 aromatic carbocycles. The van der Waals surface area contributed by atoms with Crippen molar-refractivity contribution < 1.29 is 4.74 Å². The fraction of sp³-hybridized carbons (Fsp3) is 0.500. The van der Waals surface area contributed by atoms with E-state index in [2.05, 4.69) is 26.1 Å².